The summed E-state index contributed by atoms with van der Waals surface area (Å²) >= 11 is 1.07. The summed E-state index contributed by atoms with van der Waals surface area (Å²) in [6, 6.07) is 9.92. The van der Waals surface area contributed by atoms with Gasteiger partial charge in [0.25, 0.3) is 0 Å². The van der Waals surface area contributed by atoms with E-state index in [4.69, 9.17) is 4.74 Å². The number of aromatic amines is 1. The molecule has 0 spiro atoms. The zero-order valence-corrected chi connectivity index (χ0v) is 13.9. The van der Waals surface area contributed by atoms with Gasteiger partial charge in [0, 0.05) is 0 Å². The number of methoxy groups -OCH3 is 1. The number of rotatable bonds is 6. The average Bonchev–Trinajstić information content (AvgIpc) is 3.08. The molecule has 5 nitrogen and oxygen atoms in total. The molecule has 0 unspecified atom stereocenters. The molecule has 3 rings (SSSR count). The summed E-state index contributed by atoms with van der Waals surface area (Å²) in [4.78, 5) is 16.5. The van der Waals surface area contributed by atoms with Gasteiger partial charge in [-0.15, -0.1) is 5.10 Å². The lowest BCUT2D eigenvalue weighted by Gasteiger charge is -2.06. The molecule has 25 heavy (non-hydrogen) atoms. The number of benzene rings is 2. The number of nitrogens with zero attached hydrogens (tertiary/aromatic N) is 2. The lowest BCUT2D eigenvalue weighted by atomic mass is 10.1. The molecule has 8 heteroatoms. The maximum Gasteiger partial charge on any atom is 0.209 e. The maximum atomic E-state index is 13.7. The Hall–Kier alpha value is -2.74. The lowest BCUT2D eigenvalue weighted by molar-refractivity contribution is 0.101. The van der Waals surface area contributed by atoms with Crippen LogP contribution in [-0.2, 0) is 0 Å². The van der Waals surface area contributed by atoms with Crippen molar-refractivity contribution in [3.8, 4) is 17.1 Å². The van der Waals surface area contributed by atoms with E-state index in [1.807, 2.05) is 0 Å². The Morgan fingerprint density at radius 1 is 1.24 bits per heavy atom. The Morgan fingerprint density at radius 2 is 2.04 bits per heavy atom. The fourth-order valence-electron chi connectivity index (χ4n) is 2.19. The first-order valence-corrected chi connectivity index (χ1v) is 8.24. The number of ketones is 1. The molecule has 0 aliphatic heterocycles. The van der Waals surface area contributed by atoms with E-state index in [0.717, 1.165) is 17.8 Å². The predicted octanol–water partition coefficient (Wildman–Crippen LogP) is 3.73. The Morgan fingerprint density at radius 3 is 2.80 bits per heavy atom. The van der Waals surface area contributed by atoms with E-state index in [1.54, 1.807) is 18.2 Å². The van der Waals surface area contributed by atoms with E-state index in [2.05, 4.69) is 15.2 Å². The molecule has 2 aromatic carbocycles. The quantitative estimate of drug-likeness (QED) is 0.535. The summed E-state index contributed by atoms with van der Waals surface area (Å²) < 4.78 is 32.2. The minimum atomic E-state index is -0.520. The standard InChI is InChI=1S/C17H13F2N3O2S/c1-24-15-7-6-10(18)8-12(15)14(23)9-25-17-20-16(21-22-17)11-4-2-3-5-13(11)19/h2-8H,9H2,1H3,(H,20,21,22). The molecule has 1 heterocycles. The Labute approximate surface area is 146 Å². The van der Waals surface area contributed by atoms with Crippen molar-refractivity contribution < 1.29 is 18.3 Å². The Bertz CT molecular complexity index is 914. The predicted molar refractivity (Wildman–Crippen MR) is 89.8 cm³/mol. The number of nitrogens with one attached hydrogen (secondary N) is 1. The second-order valence-electron chi connectivity index (χ2n) is 5.00. The first-order chi connectivity index (χ1) is 12.1. The largest absolute Gasteiger partial charge is 0.496 e. The van der Waals surface area contributed by atoms with Gasteiger partial charge in [0.05, 0.1) is 24.0 Å². The van der Waals surface area contributed by atoms with Gasteiger partial charge in [-0.25, -0.2) is 13.8 Å². The Balaban J connectivity index is 1.72. The number of hydrogen-bond acceptors (Lipinski definition) is 5. The van der Waals surface area contributed by atoms with Gasteiger partial charge in [-0.1, -0.05) is 23.9 Å². The van der Waals surface area contributed by atoms with E-state index in [0.29, 0.717) is 16.5 Å². The van der Waals surface area contributed by atoms with Gasteiger partial charge < -0.3 is 4.74 Å². The first kappa shape index (κ1) is 17.1. The number of hydrogen-bond donors (Lipinski definition) is 1. The van der Waals surface area contributed by atoms with Gasteiger partial charge in [0.15, 0.2) is 11.6 Å². The Kier molecular flexibility index (Phi) is 5.08. The van der Waals surface area contributed by atoms with Gasteiger partial charge in [0.2, 0.25) is 5.16 Å². The zero-order chi connectivity index (χ0) is 17.8. The van der Waals surface area contributed by atoms with Crippen LogP contribution in [0.15, 0.2) is 47.6 Å². The summed E-state index contributed by atoms with van der Waals surface area (Å²) in [5, 5.41) is 6.90. The molecule has 0 aliphatic rings. The van der Waals surface area contributed by atoms with Crippen LogP contribution in [0.1, 0.15) is 10.4 Å². The van der Waals surface area contributed by atoms with Crippen LogP contribution in [0.5, 0.6) is 5.75 Å². The van der Waals surface area contributed by atoms with Gasteiger partial charge in [0.1, 0.15) is 17.4 Å². The molecule has 0 radical (unpaired) electrons. The third-order valence-electron chi connectivity index (χ3n) is 3.39. The highest BCUT2D eigenvalue weighted by atomic mass is 32.2. The number of carbonyl (C=O) groups is 1. The fourth-order valence-corrected chi connectivity index (χ4v) is 2.87. The molecule has 128 valence electrons. The third-order valence-corrected chi connectivity index (χ3v) is 4.24. The van der Waals surface area contributed by atoms with Crippen molar-refractivity contribution in [3.63, 3.8) is 0 Å². The molecular weight excluding hydrogens is 348 g/mol. The van der Waals surface area contributed by atoms with Gasteiger partial charge >= 0.3 is 0 Å². The van der Waals surface area contributed by atoms with Crippen molar-refractivity contribution in [2.24, 2.45) is 0 Å². The van der Waals surface area contributed by atoms with Crippen LogP contribution in [0.4, 0.5) is 8.78 Å². The molecule has 0 fully saturated rings. The summed E-state index contributed by atoms with van der Waals surface area (Å²) in [7, 11) is 1.41. The molecular formula is C17H13F2N3O2S. The monoisotopic (exact) mass is 361 g/mol. The first-order valence-electron chi connectivity index (χ1n) is 7.25. The molecule has 0 bridgehead atoms. The van der Waals surface area contributed by atoms with Crippen molar-refractivity contribution in [1.82, 2.24) is 15.2 Å². The van der Waals surface area contributed by atoms with Gasteiger partial charge in [-0.05, 0) is 30.3 Å². The molecule has 0 atom stereocenters. The molecule has 0 saturated carbocycles. The van der Waals surface area contributed by atoms with Crippen LogP contribution in [0, 0.1) is 11.6 Å². The smallest absolute Gasteiger partial charge is 0.209 e. The minimum Gasteiger partial charge on any atom is -0.496 e. The third kappa shape index (κ3) is 3.85. The SMILES string of the molecule is COc1ccc(F)cc1C(=O)CSc1n[nH]c(-c2ccccc2F)n1. The van der Waals surface area contributed by atoms with Gasteiger partial charge in [-0.3, -0.25) is 9.89 Å². The second-order valence-corrected chi connectivity index (χ2v) is 5.95. The van der Waals surface area contributed by atoms with E-state index < -0.39 is 11.6 Å². The van der Waals surface area contributed by atoms with Crippen LogP contribution in [-0.4, -0.2) is 33.8 Å². The highest BCUT2D eigenvalue weighted by Crippen LogP contribution is 2.24. The molecule has 0 amide bonds. The number of thioether (sulfide) groups is 1. The molecule has 1 aromatic heterocycles. The van der Waals surface area contributed by atoms with Crippen molar-refractivity contribution in [2.45, 2.75) is 5.16 Å². The van der Waals surface area contributed by atoms with Crippen molar-refractivity contribution in [1.29, 1.82) is 0 Å². The molecule has 1 N–H and O–H groups in total. The summed E-state index contributed by atoms with van der Waals surface area (Å²) in [5.74, 6) is -0.692. The van der Waals surface area contributed by atoms with Crippen LogP contribution < -0.4 is 4.74 Å². The maximum absolute atomic E-state index is 13.7. The topological polar surface area (TPSA) is 67.9 Å². The van der Waals surface area contributed by atoms with Crippen molar-refractivity contribution in [2.75, 3.05) is 12.9 Å². The van der Waals surface area contributed by atoms with Crippen molar-refractivity contribution in [3.05, 3.63) is 59.7 Å². The average molecular weight is 361 g/mol. The van der Waals surface area contributed by atoms with Gasteiger partial charge in [-0.2, -0.15) is 0 Å². The van der Waals surface area contributed by atoms with E-state index >= 15 is 0 Å². The number of carbonyl (C=O) groups excluding carboxylic acids is 1. The number of aromatic nitrogens is 3. The number of Topliss-reactive ketones (excluding diaryl/α,β-unsaturated/α-hetero) is 1. The highest BCUT2D eigenvalue weighted by molar-refractivity contribution is 7.99. The number of H-pyrrole nitrogens is 1. The molecule has 3 aromatic rings. The van der Waals surface area contributed by atoms with E-state index in [9.17, 15) is 13.6 Å². The van der Waals surface area contributed by atoms with Crippen LogP contribution in [0.3, 0.4) is 0 Å². The second kappa shape index (κ2) is 7.43. The highest BCUT2D eigenvalue weighted by Gasteiger charge is 2.16. The number of ether oxygens (including phenoxy) is 1. The van der Waals surface area contributed by atoms with Crippen LogP contribution in [0.2, 0.25) is 0 Å². The van der Waals surface area contributed by atoms with Crippen LogP contribution >= 0.6 is 11.8 Å². The van der Waals surface area contributed by atoms with Crippen LogP contribution in [0.25, 0.3) is 11.4 Å². The summed E-state index contributed by atoms with van der Waals surface area (Å²) in [5.41, 5.74) is 0.444. The minimum absolute atomic E-state index is 0.00558. The lowest BCUT2D eigenvalue weighted by Crippen LogP contribution is -2.05. The fraction of sp³-hybridized carbons (Fsp3) is 0.118. The normalized spacial score (nSPS) is 10.7. The zero-order valence-electron chi connectivity index (χ0n) is 13.1. The summed E-state index contributed by atoms with van der Waals surface area (Å²) in [6.07, 6.45) is 0. The number of halogens is 2. The van der Waals surface area contributed by atoms with E-state index in [1.165, 1.54) is 25.3 Å². The van der Waals surface area contributed by atoms with E-state index in [-0.39, 0.29) is 22.9 Å². The summed E-state index contributed by atoms with van der Waals surface area (Å²) in [6.45, 7) is 0. The molecule has 0 saturated heterocycles. The molecule has 0 aliphatic carbocycles. The van der Waals surface area contributed by atoms with Crippen molar-refractivity contribution >= 4 is 17.5 Å².